The topological polar surface area (TPSA) is 68.1 Å². The molecule has 0 unspecified atom stereocenters. The Balaban J connectivity index is 1.97. The number of hydrogen-bond donors (Lipinski definition) is 1. The van der Waals surface area contributed by atoms with Crippen LogP contribution >= 0.6 is 27.3 Å². The summed E-state index contributed by atoms with van der Waals surface area (Å²) in [6.45, 7) is 4.78. The van der Waals surface area contributed by atoms with Gasteiger partial charge < -0.3 is 5.32 Å². The van der Waals surface area contributed by atoms with Crippen LogP contribution in [0, 0.1) is 24.0 Å². The Morgan fingerprint density at radius 1 is 1.45 bits per heavy atom. The third-order valence-electron chi connectivity index (χ3n) is 2.83. The highest BCUT2D eigenvalue weighted by Crippen LogP contribution is 2.27. The van der Waals surface area contributed by atoms with Crippen LogP contribution in [0.2, 0.25) is 0 Å². The van der Waals surface area contributed by atoms with Gasteiger partial charge in [0.25, 0.3) is 5.69 Å². The monoisotopic (exact) mass is 355 g/mol. The number of aromatic nitrogens is 1. The third kappa shape index (κ3) is 3.55. The van der Waals surface area contributed by atoms with Gasteiger partial charge in [-0.2, -0.15) is 0 Å². The van der Waals surface area contributed by atoms with Crippen LogP contribution in [0.1, 0.15) is 15.6 Å². The molecular formula is C13H14BrN3O2S. The van der Waals surface area contributed by atoms with Crippen LogP contribution in [0.5, 0.6) is 0 Å². The first-order chi connectivity index (χ1) is 9.47. The standard InChI is InChI=1S/C13H14BrN3O2S/c1-8-13(20-9(2)16-8)5-6-15-12-4-3-10(17(18)19)7-11(12)14/h3-4,7,15H,5-6H2,1-2H3. The summed E-state index contributed by atoms with van der Waals surface area (Å²) in [7, 11) is 0. The van der Waals surface area contributed by atoms with Gasteiger partial charge in [0.15, 0.2) is 0 Å². The van der Waals surface area contributed by atoms with E-state index in [0.717, 1.165) is 29.4 Å². The molecular weight excluding hydrogens is 342 g/mol. The Kier molecular flexibility index (Phi) is 4.72. The van der Waals surface area contributed by atoms with Gasteiger partial charge >= 0.3 is 0 Å². The van der Waals surface area contributed by atoms with Gasteiger partial charge in [-0.05, 0) is 35.8 Å². The second-order valence-corrected chi connectivity index (χ2v) is 6.48. The Hall–Kier alpha value is -1.47. The zero-order valence-electron chi connectivity index (χ0n) is 11.1. The molecule has 20 heavy (non-hydrogen) atoms. The summed E-state index contributed by atoms with van der Waals surface area (Å²) >= 11 is 5.05. The lowest BCUT2D eigenvalue weighted by Gasteiger charge is -2.07. The third-order valence-corrected chi connectivity index (χ3v) is 4.62. The highest BCUT2D eigenvalue weighted by atomic mass is 79.9. The van der Waals surface area contributed by atoms with Crippen molar-refractivity contribution in [3.8, 4) is 0 Å². The first kappa shape index (κ1) is 14.9. The largest absolute Gasteiger partial charge is 0.384 e. The molecule has 0 radical (unpaired) electrons. The maximum absolute atomic E-state index is 10.7. The van der Waals surface area contributed by atoms with Crippen molar-refractivity contribution in [1.29, 1.82) is 0 Å². The SMILES string of the molecule is Cc1nc(C)c(CCNc2ccc([N+](=O)[O-])cc2Br)s1. The number of nitrogens with zero attached hydrogens (tertiary/aromatic N) is 2. The van der Waals surface area contributed by atoms with Crippen molar-refractivity contribution in [2.45, 2.75) is 20.3 Å². The van der Waals surface area contributed by atoms with Crippen molar-refractivity contribution < 1.29 is 4.92 Å². The van der Waals surface area contributed by atoms with Gasteiger partial charge in [-0.15, -0.1) is 11.3 Å². The van der Waals surface area contributed by atoms with Crippen molar-refractivity contribution in [3.63, 3.8) is 0 Å². The summed E-state index contributed by atoms with van der Waals surface area (Å²) in [4.78, 5) is 15.9. The van der Waals surface area contributed by atoms with Crippen molar-refractivity contribution >= 4 is 38.6 Å². The van der Waals surface area contributed by atoms with Gasteiger partial charge in [0.1, 0.15) is 0 Å². The van der Waals surface area contributed by atoms with E-state index in [4.69, 9.17) is 0 Å². The summed E-state index contributed by atoms with van der Waals surface area (Å²) in [6, 6.07) is 4.71. The van der Waals surface area contributed by atoms with Gasteiger partial charge in [-0.25, -0.2) is 4.98 Å². The lowest BCUT2D eigenvalue weighted by molar-refractivity contribution is -0.384. The summed E-state index contributed by atoms with van der Waals surface area (Å²) in [6.07, 6.45) is 0.890. The summed E-state index contributed by atoms with van der Waals surface area (Å²) in [5.74, 6) is 0. The number of halogens is 1. The van der Waals surface area contributed by atoms with Crippen LogP contribution in [-0.2, 0) is 6.42 Å². The van der Waals surface area contributed by atoms with E-state index in [-0.39, 0.29) is 5.69 Å². The van der Waals surface area contributed by atoms with E-state index < -0.39 is 4.92 Å². The maximum atomic E-state index is 10.7. The van der Waals surface area contributed by atoms with E-state index >= 15 is 0 Å². The molecule has 2 rings (SSSR count). The zero-order valence-corrected chi connectivity index (χ0v) is 13.5. The molecule has 0 saturated heterocycles. The Morgan fingerprint density at radius 2 is 2.20 bits per heavy atom. The second-order valence-electron chi connectivity index (χ2n) is 4.34. The van der Waals surface area contributed by atoms with Gasteiger partial charge in [-0.1, -0.05) is 0 Å². The Morgan fingerprint density at radius 3 is 2.75 bits per heavy atom. The quantitative estimate of drug-likeness (QED) is 0.647. The average Bonchev–Trinajstić information content (AvgIpc) is 2.69. The van der Waals surface area contributed by atoms with Crippen molar-refractivity contribution in [1.82, 2.24) is 4.98 Å². The highest BCUT2D eigenvalue weighted by Gasteiger charge is 2.09. The Bertz CT molecular complexity index is 643. The van der Waals surface area contributed by atoms with E-state index in [1.165, 1.54) is 17.0 Å². The van der Waals surface area contributed by atoms with Crippen LogP contribution in [0.4, 0.5) is 11.4 Å². The van der Waals surface area contributed by atoms with Crippen molar-refractivity contribution in [3.05, 3.63) is 48.4 Å². The molecule has 7 heteroatoms. The van der Waals surface area contributed by atoms with Crippen molar-refractivity contribution in [2.75, 3.05) is 11.9 Å². The first-order valence-corrected chi connectivity index (χ1v) is 7.69. The molecule has 0 saturated carbocycles. The zero-order chi connectivity index (χ0) is 14.7. The molecule has 0 spiro atoms. The summed E-state index contributed by atoms with van der Waals surface area (Å²) < 4.78 is 0.698. The normalized spacial score (nSPS) is 10.6. The number of thiazole rings is 1. The summed E-state index contributed by atoms with van der Waals surface area (Å²) in [5, 5.41) is 15.0. The number of anilines is 1. The minimum atomic E-state index is -0.405. The van der Waals surface area contributed by atoms with Crippen LogP contribution in [0.25, 0.3) is 0 Å². The average molecular weight is 356 g/mol. The molecule has 0 amide bonds. The molecule has 1 heterocycles. The number of benzene rings is 1. The van der Waals surface area contributed by atoms with Crippen molar-refractivity contribution in [2.24, 2.45) is 0 Å². The van der Waals surface area contributed by atoms with Gasteiger partial charge in [-0.3, -0.25) is 10.1 Å². The first-order valence-electron chi connectivity index (χ1n) is 6.08. The van der Waals surface area contributed by atoms with Gasteiger partial charge in [0, 0.05) is 40.1 Å². The number of nitrogens with one attached hydrogen (secondary N) is 1. The predicted molar refractivity (Wildman–Crippen MR) is 84.6 cm³/mol. The smallest absolute Gasteiger partial charge is 0.270 e. The molecule has 1 aromatic carbocycles. The molecule has 0 atom stereocenters. The minimum absolute atomic E-state index is 0.0800. The van der Waals surface area contributed by atoms with E-state index in [1.54, 1.807) is 17.4 Å². The number of rotatable bonds is 5. The maximum Gasteiger partial charge on any atom is 0.270 e. The molecule has 0 aliphatic heterocycles. The second kappa shape index (κ2) is 6.32. The van der Waals surface area contributed by atoms with Crippen LogP contribution in [0.15, 0.2) is 22.7 Å². The Labute approximate surface area is 129 Å². The molecule has 0 aliphatic carbocycles. The number of nitro benzene ring substituents is 1. The summed E-state index contributed by atoms with van der Waals surface area (Å²) in [5.41, 5.74) is 2.02. The van der Waals surface area contributed by atoms with Gasteiger partial charge in [0.05, 0.1) is 15.6 Å². The molecule has 0 fully saturated rings. The van der Waals surface area contributed by atoms with Crippen LogP contribution in [-0.4, -0.2) is 16.5 Å². The van der Waals surface area contributed by atoms with E-state index in [2.05, 4.69) is 26.2 Å². The molecule has 2 aromatic rings. The fraction of sp³-hybridized carbons (Fsp3) is 0.308. The molecule has 106 valence electrons. The number of nitro groups is 1. The van der Waals surface area contributed by atoms with E-state index in [9.17, 15) is 10.1 Å². The fourth-order valence-electron chi connectivity index (χ4n) is 1.88. The molecule has 0 bridgehead atoms. The molecule has 1 N–H and O–H groups in total. The van der Waals surface area contributed by atoms with Gasteiger partial charge in [0.2, 0.25) is 0 Å². The van der Waals surface area contributed by atoms with E-state index in [0.29, 0.717) is 4.47 Å². The lowest BCUT2D eigenvalue weighted by Crippen LogP contribution is -2.05. The molecule has 0 aliphatic rings. The number of aryl methyl sites for hydroxylation is 2. The minimum Gasteiger partial charge on any atom is -0.384 e. The van der Waals surface area contributed by atoms with Crippen LogP contribution in [0.3, 0.4) is 0 Å². The highest BCUT2D eigenvalue weighted by molar-refractivity contribution is 9.10. The fourth-order valence-corrected chi connectivity index (χ4v) is 3.32. The predicted octanol–water partition coefficient (Wildman–Crippen LogP) is 4.09. The molecule has 1 aromatic heterocycles. The van der Waals surface area contributed by atoms with Crippen LogP contribution < -0.4 is 5.32 Å². The molecule has 5 nitrogen and oxygen atoms in total. The number of hydrogen-bond acceptors (Lipinski definition) is 5. The lowest BCUT2D eigenvalue weighted by atomic mass is 10.2. The number of non-ortho nitro benzene ring substituents is 1. The van der Waals surface area contributed by atoms with E-state index in [1.807, 2.05) is 13.8 Å².